The fourth-order valence-corrected chi connectivity index (χ4v) is 2.43. The normalized spacial score (nSPS) is 19.1. The second kappa shape index (κ2) is 5.81. The number of esters is 1. The number of carbonyl (C=O) groups excluding carboxylic acids is 1. The van der Waals surface area contributed by atoms with Gasteiger partial charge in [-0.25, -0.2) is 4.39 Å². The van der Waals surface area contributed by atoms with Crippen LogP contribution in [0.1, 0.15) is 24.0 Å². The van der Waals surface area contributed by atoms with E-state index in [1.165, 1.54) is 13.2 Å². The SMILES string of the molecule is COC(=O)C1CCCN1Cc1cccc(C#N)c1F. The van der Waals surface area contributed by atoms with Crippen LogP contribution in [0.2, 0.25) is 0 Å². The van der Waals surface area contributed by atoms with E-state index in [1.54, 1.807) is 12.1 Å². The minimum Gasteiger partial charge on any atom is -0.468 e. The highest BCUT2D eigenvalue weighted by Crippen LogP contribution is 2.23. The second-order valence-corrected chi connectivity index (χ2v) is 4.54. The van der Waals surface area contributed by atoms with Crippen molar-refractivity contribution in [1.29, 1.82) is 5.26 Å². The summed E-state index contributed by atoms with van der Waals surface area (Å²) in [5.41, 5.74) is 0.473. The van der Waals surface area contributed by atoms with Gasteiger partial charge >= 0.3 is 5.97 Å². The molecule has 1 saturated heterocycles. The van der Waals surface area contributed by atoms with Crippen molar-refractivity contribution in [3.05, 3.63) is 35.1 Å². The van der Waals surface area contributed by atoms with Gasteiger partial charge in [0.05, 0.1) is 12.7 Å². The number of benzene rings is 1. The third kappa shape index (κ3) is 2.74. The van der Waals surface area contributed by atoms with Gasteiger partial charge < -0.3 is 4.74 Å². The molecule has 0 bridgehead atoms. The zero-order chi connectivity index (χ0) is 13.8. The molecule has 1 aliphatic rings. The van der Waals surface area contributed by atoms with E-state index in [4.69, 9.17) is 10.00 Å². The summed E-state index contributed by atoms with van der Waals surface area (Å²) >= 11 is 0. The van der Waals surface area contributed by atoms with E-state index < -0.39 is 5.82 Å². The zero-order valence-corrected chi connectivity index (χ0v) is 10.7. The van der Waals surface area contributed by atoms with Gasteiger partial charge in [0.2, 0.25) is 0 Å². The first-order valence-corrected chi connectivity index (χ1v) is 6.16. The number of methoxy groups -OCH3 is 1. The molecular formula is C14H15FN2O2. The van der Waals surface area contributed by atoms with Crippen molar-refractivity contribution >= 4 is 5.97 Å². The van der Waals surface area contributed by atoms with Crippen LogP contribution in [0.5, 0.6) is 0 Å². The van der Waals surface area contributed by atoms with Gasteiger partial charge in [-0.2, -0.15) is 5.26 Å². The molecule has 1 aromatic carbocycles. The maximum absolute atomic E-state index is 14.0. The molecule has 0 aromatic heterocycles. The maximum atomic E-state index is 14.0. The average molecular weight is 262 g/mol. The Kier molecular flexibility index (Phi) is 4.13. The molecule has 0 N–H and O–H groups in total. The number of nitrogens with zero attached hydrogens (tertiary/aromatic N) is 2. The van der Waals surface area contributed by atoms with Gasteiger partial charge in [0, 0.05) is 12.1 Å². The second-order valence-electron chi connectivity index (χ2n) is 4.54. The number of hydrogen-bond acceptors (Lipinski definition) is 4. The Hall–Kier alpha value is -1.93. The number of hydrogen-bond donors (Lipinski definition) is 0. The Labute approximate surface area is 111 Å². The quantitative estimate of drug-likeness (QED) is 0.780. The van der Waals surface area contributed by atoms with E-state index in [0.717, 1.165) is 19.4 Å². The van der Waals surface area contributed by atoms with E-state index in [0.29, 0.717) is 12.1 Å². The van der Waals surface area contributed by atoms with Crippen molar-refractivity contribution in [2.45, 2.75) is 25.4 Å². The Morgan fingerprint density at radius 3 is 3.11 bits per heavy atom. The molecular weight excluding hydrogens is 247 g/mol. The molecule has 4 nitrogen and oxygen atoms in total. The molecule has 1 aliphatic heterocycles. The van der Waals surface area contributed by atoms with Gasteiger partial charge in [0.1, 0.15) is 17.9 Å². The first kappa shape index (κ1) is 13.5. The molecule has 1 atom stereocenters. The van der Waals surface area contributed by atoms with Crippen LogP contribution in [0.25, 0.3) is 0 Å². The number of ether oxygens (including phenoxy) is 1. The topological polar surface area (TPSA) is 53.3 Å². The van der Waals surface area contributed by atoms with Crippen molar-refractivity contribution in [3.63, 3.8) is 0 Å². The largest absolute Gasteiger partial charge is 0.468 e. The number of rotatable bonds is 3. The van der Waals surface area contributed by atoms with Gasteiger partial charge in [0.15, 0.2) is 0 Å². The Morgan fingerprint density at radius 2 is 2.42 bits per heavy atom. The lowest BCUT2D eigenvalue weighted by atomic mass is 10.1. The fourth-order valence-electron chi connectivity index (χ4n) is 2.43. The van der Waals surface area contributed by atoms with Crippen molar-refractivity contribution < 1.29 is 13.9 Å². The summed E-state index contributed by atoms with van der Waals surface area (Å²) in [7, 11) is 1.36. The predicted molar refractivity (Wildman–Crippen MR) is 66.6 cm³/mol. The summed E-state index contributed by atoms with van der Waals surface area (Å²) in [5.74, 6) is -0.783. The van der Waals surface area contributed by atoms with Crippen molar-refractivity contribution in [1.82, 2.24) is 4.90 Å². The van der Waals surface area contributed by atoms with Gasteiger partial charge in [-0.05, 0) is 25.5 Å². The molecule has 0 saturated carbocycles. The summed E-state index contributed by atoms with van der Waals surface area (Å²) in [6.45, 7) is 1.05. The number of halogens is 1. The number of nitriles is 1. The van der Waals surface area contributed by atoms with E-state index in [1.807, 2.05) is 11.0 Å². The lowest BCUT2D eigenvalue weighted by molar-refractivity contribution is -0.146. The highest BCUT2D eigenvalue weighted by molar-refractivity contribution is 5.75. The van der Waals surface area contributed by atoms with Crippen LogP contribution < -0.4 is 0 Å². The van der Waals surface area contributed by atoms with E-state index in [2.05, 4.69) is 0 Å². The van der Waals surface area contributed by atoms with Crippen LogP contribution in [-0.2, 0) is 16.1 Å². The van der Waals surface area contributed by atoms with Gasteiger partial charge in [-0.15, -0.1) is 0 Å². The van der Waals surface area contributed by atoms with Crippen molar-refractivity contribution in [3.8, 4) is 6.07 Å². The average Bonchev–Trinajstić information content (AvgIpc) is 2.88. The number of likely N-dealkylation sites (tertiary alicyclic amines) is 1. The Balaban J connectivity index is 2.17. The minimum atomic E-state index is -0.500. The zero-order valence-electron chi connectivity index (χ0n) is 10.7. The molecule has 1 fully saturated rings. The van der Waals surface area contributed by atoms with E-state index in [9.17, 15) is 9.18 Å². The summed E-state index contributed by atoms with van der Waals surface area (Å²) in [6.07, 6.45) is 1.62. The monoisotopic (exact) mass is 262 g/mol. The van der Waals surface area contributed by atoms with E-state index in [-0.39, 0.29) is 17.6 Å². The molecule has 2 rings (SSSR count). The molecule has 0 aliphatic carbocycles. The molecule has 5 heteroatoms. The summed E-state index contributed by atoms with van der Waals surface area (Å²) < 4.78 is 18.7. The molecule has 1 unspecified atom stereocenters. The van der Waals surface area contributed by atoms with Crippen LogP contribution in [0.15, 0.2) is 18.2 Å². The minimum absolute atomic E-state index is 0.0336. The smallest absolute Gasteiger partial charge is 0.323 e. The summed E-state index contributed by atoms with van der Waals surface area (Å²) in [5, 5.41) is 8.80. The van der Waals surface area contributed by atoms with E-state index >= 15 is 0 Å². The molecule has 0 amide bonds. The number of carbonyl (C=O) groups is 1. The van der Waals surface area contributed by atoms with Crippen LogP contribution in [0.3, 0.4) is 0 Å². The standard InChI is InChI=1S/C14H15FN2O2/c1-19-14(18)12-6-3-7-17(12)9-11-5-2-4-10(8-16)13(11)15/h2,4-5,12H,3,6-7,9H2,1H3. The molecule has 19 heavy (non-hydrogen) atoms. The Morgan fingerprint density at radius 1 is 1.63 bits per heavy atom. The predicted octanol–water partition coefficient (Wildman–Crippen LogP) is 1.83. The fraction of sp³-hybridized carbons (Fsp3) is 0.429. The summed E-state index contributed by atoms with van der Waals surface area (Å²) in [6, 6.07) is 6.25. The third-order valence-corrected chi connectivity index (χ3v) is 3.41. The molecule has 100 valence electrons. The van der Waals surface area contributed by atoms with Crippen molar-refractivity contribution in [2.24, 2.45) is 0 Å². The highest BCUT2D eigenvalue weighted by atomic mass is 19.1. The van der Waals surface area contributed by atoms with Gasteiger partial charge in [0.25, 0.3) is 0 Å². The lowest BCUT2D eigenvalue weighted by Crippen LogP contribution is -2.36. The molecule has 1 heterocycles. The first-order valence-electron chi connectivity index (χ1n) is 6.16. The highest BCUT2D eigenvalue weighted by Gasteiger charge is 2.31. The molecule has 0 spiro atoms. The third-order valence-electron chi connectivity index (χ3n) is 3.41. The maximum Gasteiger partial charge on any atom is 0.323 e. The van der Waals surface area contributed by atoms with Crippen LogP contribution in [0.4, 0.5) is 4.39 Å². The summed E-state index contributed by atoms with van der Waals surface area (Å²) in [4.78, 5) is 13.5. The van der Waals surface area contributed by atoms with Crippen molar-refractivity contribution in [2.75, 3.05) is 13.7 Å². The molecule has 1 aromatic rings. The van der Waals surface area contributed by atoms with Crippen LogP contribution in [0, 0.1) is 17.1 Å². The van der Waals surface area contributed by atoms with Crippen LogP contribution >= 0.6 is 0 Å². The van der Waals surface area contributed by atoms with Crippen LogP contribution in [-0.4, -0.2) is 30.6 Å². The molecule has 0 radical (unpaired) electrons. The lowest BCUT2D eigenvalue weighted by Gasteiger charge is -2.22. The Bertz CT molecular complexity index is 525. The van der Waals surface area contributed by atoms with Gasteiger partial charge in [-0.3, -0.25) is 9.69 Å². The first-order chi connectivity index (χ1) is 9.17. The van der Waals surface area contributed by atoms with Gasteiger partial charge in [-0.1, -0.05) is 12.1 Å².